The number of ether oxygens (including phenoxy) is 3. The van der Waals surface area contributed by atoms with Crippen molar-refractivity contribution in [1.29, 1.82) is 0 Å². The minimum absolute atomic E-state index is 0.0462. The maximum absolute atomic E-state index is 14.6. The number of rotatable bonds is 9. The van der Waals surface area contributed by atoms with E-state index in [1.807, 2.05) is 6.92 Å². The summed E-state index contributed by atoms with van der Waals surface area (Å²) >= 11 is 0. The van der Waals surface area contributed by atoms with Crippen LogP contribution in [-0.2, 0) is 10.8 Å². The fourth-order valence-corrected chi connectivity index (χ4v) is 3.84. The van der Waals surface area contributed by atoms with Gasteiger partial charge in [0.05, 0.1) is 19.0 Å². The van der Waals surface area contributed by atoms with Crippen molar-refractivity contribution in [2.45, 2.75) is 51.2 Å². The first-order valence-electron chi connectivity index (χ1n) is 10.8. The molecule has 0 N–H and O–H groups in total. The normalized spacial score (nSPS) is 18.9. The third-order valence-corrected chi connectivity index (χ3v) is 5.42. The smallest absolute Gasteiger partial charge is 0.432 e. The highest BCUT2D eigenvalue weighted by molar-refractivity contribution is 5.37. The van der Waals surface area contributed by atoms with Gasteiger partial charge in [-0.1, -0.05) is 13.3 Å². The Labute approximate surface area is 196 Å². The van der Waals surface area contributed by atoms with Gasteiger partial charge in [-0.25, -0.2) is 26.3 Å². The molecule has 3 nitrogen and oxygen atoms in total. The Morgan fingerprint density at radius 1 is 1.00 bits per heavy atom. The quantitative estimate of drug-likeness (QED) is 0.255. The van der Waals surface area contributed by atoms with Crippen molar-refractivity contribution in [3.8, 4) is 11.5 Å². The Morgan fingerprint density at radius 2 is 1.63 bits per heavy atom. The molecule has 11 heteroatoms. The first-order chi connectivity index (χ1) is 16.5. The van der Waals surface area contributed by atoms with Crippen LogP contribution < -0.4 is 9.47 Å². The van der Waals surface area contributed by atoms with Crippen LogP contribution >= 0.6 is 0 Å². The highest BCUT2D eigenvalue weighted by Crippen LogP contribution is 2.39. The average molecular weight is 510 g/mol. The summed E-state index contributed by atoms with van der Waals surface area (Å²) in [5, 5.41) is 0. The van der Waals surface area contributed by atoms with E-state index >= 15 is 0 Å². The zero-order valence-corrected chi connectivity index (χ0v) is 18.5. The second-order valence-electron chi connectivity index (χ2n) is 8.03. The molecule has 0 amide bonds. The summed E-state index contributed by atoms with van der Waals surface area (Å²) in [5.41, 5.74) is -1.70. The average Bonchev–Trinajstić information content (AvgIpc) is 2.75. The summed E-state index contributed by atoms with van der Waals surface area (Å²) in [4.78, 5) is 0. The van der Waals surface area contributed by atoms with Crippen LogP contribution in [0.4, 0.5) is 35.1 Å². The van der Waals surface area contributed by atoms with E-state index in [-0.39, 0.29) is 23.8 Å². The molecular formula is C24H22F8O3. The molecule has 1 heterocycles. The van der Waals surface area contributed by atoms with Gasteiger partial charge in [0.15, 0.2) is 17.4 Å². The largest absolute Gasteiger partial charge is 0.459 e. The first-order valence-corrected chi connectivity index (χ1v) is 10.8. The van der Waals surface area contributed by atoms with Crippen LogP contribution in [0.1, 0.15) is 49.8 Å². The molecule has 0 aromatic heterocycles. The fraction of sp³-hybridized carbons (Fsp3) is 0.417. The number of benzene rings is 2. The molecule has 2 atom stereocenters. The van der Waals surface area contributed by atoms with E-state index in [0.29, 0.717) is 37.3 Å². The van der Waals surface area contributed by atoms with E-state index in [4.69, 9.17) is 4.74 Å². The molecule has 0 radical (unpaired) electrons. The second-order valence-corrected chi connectivity index (χ2v) is 8.03. The van der Waals surface area contributed by atoms with Gasteiger partial charge in [-0.3, -0.25) is 0 Å². The Kier molecular flexibility index (Phi) is 8.63. The van der Waals surface area contributed by atoms with Crippen LogP contribution in [0.3, 0.4) is 0 Å². The highest BCUT2D eigenvalue weighted by atomic mass is 19.3. The van der Waals surface area contributed by atoms with Gasteiger partial charge >= 0.3 is 6.11 Å². The molecule has 0 saturated carbocycles. The molecule has 2 unspecified atom stereocenters. The molecule has 1 saturated heterocycles. The van der Waals surface area contributed by atoms with Crippen molar-refractivity contribution >= 4 is 0 Å². The third kappa shape index (κ3) is 6.65. The summed E-state index contributed by atoms with van der Waals surface area (Å²) in [6, 6.07) is 1.95. The fourth-order valence-electron chi connectivity index (χ4n) is 3.84. The Hall–Kier alpha value is -2.82. The second kappa shape index (κ2) is 11.3. The zero-order valence-electron chi connectivity index (χ0n) is 18.5. The van der Waals surface area contributed by atoms with E-state index < -0.39 is 59.0 Å². The van der Waals surface area contributed by atoms with Crippen molar-refractivity contribution < 1.29 is 49.3 Å². The number of hydrogen-bond donors (Lipinski definition) is 0. The van der Waals surface area contributed by atoms with Gasteiger partial charge in [0, 0.05) is 18.2 Å². The molecule has 0 aliphatic carbocycles. The van der Waals surface area contributed by atoms with Crippen LogP contribution in [0.15, 0.2) is 36.6 Å². The maximum Gasteiger partial charge on any atom is 0.432 e. The van der Waals surface area contributed by atoms with Gasteiger partial charge < -0.3 is 14.2 Å². The number of hydrogen-bond acceptors (Lipinski definition) is 3. The van der Waals surface area contributed by atoms with Crippen LogP contribution in [0.2, 0.25) is 0 Å². The third-order valence-electron chi connectivity index (χ3n) is 5.42. The summed E-state index contributed by atoms with van der Waals surface area (Å²) in [7, 11) is 0. The predicted octanol–water partition coefficient (Wildman–Crippen LogP) is 7.80. The van der Waals surface area contributed by atoms with E-state index in [9.17, 15) is 35.1 Å². The molecule has 35 heavy (non-hydrogen) atoms. The van der Waals surface area contributed by atoms with Crippen LogP contribution in [0.25, 0.3) is 0 Å². The Bertz CT molecular complexity index is 1000. The van der Waals surface area contributed by atoms with Crippen molar-refractivity contribution in [3.63, 3.8) is 0 Å². The minimum atomic E-state index is -4.65. The van der Waals surface area contributed by atoms with E-state index in [0.717, 1.165) is 19.3 Å². The minimum Gasteiger partial charge on any atom is -0.459 e. The van der Waals surface area contributed by atoms with Crippen LogP contribution in [-0.4, -0.2) is 13.0 Å². The van der Waals surface area contributed by atoms with Crippen molar-refractivity contribution in [2.75, 3.05) is 6.61 Å². The lowest BCUT2D eigenvalue weighted by Crippen LogP contribution is -2.26. The summed E-state index contributed by atoms with van der Waals surface area (Å²) in [5.74, 6) is -8.34. The SMILES string of the molecule is CCCC1CCC(c2cc(F)c(C(F)(F)Oc3cc(F)c(OC=CC(F)F)c(F)c3)c(F)c2)OC1. The molecule has 1 aliphatic rings. The number of allylic oxidation sites excluding steroid dienone is 1. The zero-order chi connectivity index (χ0) is 25.8. The lowest BCUT2D eigenvalue weighted by molar-refractivity contribution is -0.189. The standard InChI is InChI=1S/C24H22F8O3/c1-2-3-13-4-5-20(34-12-13)14-8-16(25)22(17(26)9-14)24(31,32)35-15-10-18(27)23(19(28)11-15)33-7-6-21(29)30/h6-11,13,20-21H,2-5,12H2,1H3. The van der Waals surface area contributed by atoms with Gasteiger partial charge in [0.25, 0.3) is 6.43 Å². The predicted molar refractivity (Wildman–Crippen MR) is 109 cm³/mol. The molecule has 2 aromatic carbocycles. The summed E-state index contributed by atoms with van der Waals surface area (Å²) < 4.78 is 125. The van der Waals surface area contributed by atoms with E-state index in [1.54, 1.807) is 0 Å². The van der Waals surface area contributed by atoms with Gasteiger partial charge in [0.2, 0.25) is 0 Å². The lowest BCUT2D eigenvalue weighted by atomic mass is 9.91. The van der Waals surface area contributed by atoms with E-state index in [1.165, 1.54) is 0 Å². The molecule has 1 aliphatic heterocycles. The molecule has 1 fully saturated rings. The summed E-state index contributed by atoms with van der Waals surface area (Å²) in [6.45, 7) is 2.41. The molecule has 2 aromatic rings. The molecule has 0 bridgehead atoms. The number of alkyl halides is 4. The van der Waals surface area contributed by atoms with Crippen molar-refractivity contribution in [3.05, 3.63) is 71.0 Å². The lowest BCUT2D eigenvalue weighted by Gasteiger charge is -2.29. The molecule has 192 valence electrons. The van der Waals surface area contributed by atoms with Gasteiger partial charge in [-0.05, 0) is 42.9 Å². The monoisotopic (exact) mass is 510 g/mol. The van der Waals surface area contributed by atoms with Crippen LogP contribution in [0, 0.1) is 29.2 Å². The Morgan fingerprint density at radius 3 is 2.14 bits per heavy atom. The highest BCUT2D eigenvalue weighted by Gasteiger charge is 2.42. The van der Waals surface area contributed by atoms with Crippen LogP contribution in [0.5, 0.6) is 11.5 Å². The topological polar surface area (TPSA) is 27.7 Å². The Balaban J connectivity index is 1.78. The molecule has 0 spiro atoms. The van der Waals surface area contributed by atoms with Gasteiger partial charge in [-0.2, -0.15) is 8.78 Å². The maximum atomic E-state index is 14.6. The van der Waals surface area contributed by atoms with Gasteiger partial charge in [0.1, 0.15) is 22.9 Å². The van der Waals surface area contributed by atoms with Crippen molar-refractivity contribution in [1.82, 2.24) is 0 Å². The molecule has 3 rings (SSSR count). The first kappa shape index (κ1) is 26.8. The van der Waals surface area contributed by atoms with Gasteiger partial charge in [-0.15, -0.1) is 0 Å². The summed E-state index contributed by atoms with van der Waals surface area (Å²) in [6.07, 6.45) is -4.63. The molecular weight excluding hydrogens is 488 g/mol. The van der Waals surface area contributed by atoms with E-state index in [2.05, 4.69) is 9.47 Å². The number of halogens is 8. The van der Waals surface area contributed by atoms with Crippen molar-refractivity contribution in [2.24, 2.45) is 5.92 Å².